The second-order valence-electron chi connectivity index (χ2n) is 4.86. The lowest BCUT2D eigenvalue weighted by molar-refractivity contribution is 0.0992. The van der Waals surface area contributed by atoms with Crippen molar-refractivity contribution in [1.82, 2.24) is 0 Å². The van der Waals surface area contributed by atoms with Gasteiger partial charge in [0, 0.05) is 17.5 Å². The van der Waals surface area contributed by atoms with Gasteiger partial charge in [0.15, 0.2) is 5.78 Å². The molecule has 0 radical (unpaired) electrons. The van der Waals surface area contributed by atoms with E-state index in [-0.39, 0.29) is 5.78 Å². The Kier molecular flexibility index (Phi) is 4.94. The van der Waals surface area contributed by atoms with E-state index in [2.05, 4.69) is 13.0 Å². The van der Waals surface area contributed by atoms with Gasteiger partial charge in [-0.3, -0.25) is 4.79 Å². The predicted octanol–water partition coefficient (Wildman–Crippen LogP) is 4.07. The van der Waals surface area contributed by atoms with E-state index in [9.17, 15) is 4.79 Å². The fourth-order valence-electron chi connectivity index (χ4n) is 2.31. The highest BCUT2D eigenvalue weighted by molar-refractivity contribution is 5.97. The molecular weight excluding hydrogens is 248 g/mol. The molecule has 0 spiro atoms. The minimum Gasteiger partial charge on any atom is -0.496 e. The molecule has 0 aliphatic heterocycles. The number of methoxy groups -OCH3 is 1. The number of ketones is 1. The third kappa shape index (κ3) is 3.47. The highest BCUT2D eigenvalue weighted by Gasteiger charge is 2.10. The van der Waals surface area contributed by atoms with Crippen LogP contribution in [0.2, 0.25) is 0 Å². The summed E-state index contributed by atoms with van der Waals surface area (Å²) in [6.45, 7) is 2.14. The van der Waals surface area contributed by atoms with Gasteiger partial charge in [0.25, 0.3) is 0 Å². The minimum absolute atomic E-state index is 0.132. The van der Waals surface area contributed by atoms with Crippen molar-refractivity contribution in [3.8, 4) is 5.75 Å². The molecule has 0 saturated heterocycles. The number of ether oxygens (including phenoxy) is 1. The molecule has 0 atom stereocenters. The van der Waals surface area contributed by atoms with Crippen LogP contribution in [0.1, 0.15) is 34.8 Å². The first-order valence-electron chi connectivity index (χ1n) is 6.98. The first kappa shape index (κ1) is 14.3. The third-order valence-corrected chi connectivity index (χ3v) is 3.33. The van der Waals surface area contributed by atoms with Crippen LogP contribution in [0, 0.1) is 0 Å². The van der Waals surface area contributed by atoms with E-state index in [0.29, 0.717) is 6.42 Å². The van der Waals surface area contributed by atoms with E-state index in [0.717, 1.165) is 29.7 Å². The molecule has 0 saturated carbocycles. The van der Waals surface area contributed by atoms with E-state index in [1.165, 1.54) is 5.56 Å². The lowest BCUT2D eigenvalue weighted by atomic mass is 9.99. The van der Waals surface area contributed by atoms with Gasteiger partial charge in [-0.25, -0.2) is 0 Å². The number of carbonyl (C=O) groups is 1. The summed E-state index contributed by atoms with van der Waals surface area (Å²) in [5.74, 6) is 0.901. The van der Waals surface area contributed by atoms with Gasteiger partial charge in [-0.2, -0.15) is 0 Å². The Labute approximate surface area is 120 Å². The van der Waals surface area contributed by atoms with Gasteiger partial charge < -0.3 is 4.74 Å². The molecule has 0 fully saturated rings. The van der Waals surface area contributed by atoms with Gasteiger partial charge >= 0.3 is 0 Å². The third-order valence-electron chi connectivity index (χ3n) is 3.33. The van der Waals surface area contributed by atoms with Gasteiger partial charge in [-0.05, 0) is 24.1 Å². The molecular formula is C18H20O2. The summed E-state index contributed by atoms with van der Waals surface area (Å²) in [5.41, 5.74) is 2.93. The molecule has 0 heterocycles. The van der Waals surface area contributed by atoms with Crippen LogP contribution in [0.4, 0.5) is 0 Å². The van der Waals surface area contributed by atoms with Gasteiger partial charge in [0.05, 0.1) is 7.11 Å². The highest BCUT2D eigenvalue weighted by atomic mass is 16.5. The fraction of sp³-hybridized carbons (Fsp3) is 0.278. The summed E-state index contributed by atoms with van der Waals surface area (Å²) in [6.07, 6.45) is 2.47. The molecule has 2 rings (SSSR count). The van der Waals surface area contributed by atoms with Crippen molar-refractivity contribution in [2.45, 2.75) is 26.2 Å². The Morgan fingerprint density at radius 2 is 1.90 bits per heavy atom. The Bertz CT molecular complexity index is 587. The normalized spacial score (nSPS) is 10.3. The van der Waals surface area contributed by atoms with Crippen LogP contribution in [0.3, 0.4) is 0 Å². The monoisotopic (exact) mass is 268 g/mol. The molecule has 0 bridgehead atoms. The van der Waals surface area contributed by atoms with Crippen molar-refractivity contribution in [2.24, 2.45) is 0 Å². The number of rotatable bonds is 6. The molecule has 104 valence electrons. The standard InChI is InChI=1S/C18H20O2/c1-3-7-14-8-6-10-15(12-14)17(19)13-16-9-4-5-11-18(16)20-2/h4-6,8-12H,3,7,13H2,1-2H3. The minimum atomic E-state index is 0.132. The molecule has 2 nitrogen and oxygen atoms in total. The zero-order valence-electron chi connectivity index (χ0n) is 12.1. The maximum absolute atomic E-state index is 12.4. The summed E-state index contributed by atoms with van der Waals surface area (Å²) < 4.78 is 5.29. The molecule has 0 N–H and O–H groups in total. The van der Waals surface area contributed by atoms with E-state index in [1.54, 1.807) is 7.11 Å². The second kappa shape index (κ2) is 6.90. The molecule has 2 aromatic carbocycles. The average Bonchev–Trinajstić information content (AvgIpc) is 2.48. The lowest BCUT2D eigenvalue weighted by Crippen LogP contribution is -2.05. The molecule has 0 aliphatic rings. The average molecular weight is 268 g/mol. The number of aryl methyl sites for hydroxylation is 1. The van der Waals surface area contributed by atoms with E-state index in [1.807, 2.05) is 42.5 Å². The van der Waals surface area contributed by atoms with Crippen LogP contribution < -0.4 is 4.74 Å². The molecule has 2 heteroatoms. The maximum atomic E-state index is 12.4. The van der Waals surface area contributed by atoms with Gasteiger partial charge in [0.2, 0.25) is 0 Å². The largest absolute Gasteiger partial charge is 0.496 e. The quantitative estimate of drug-likeness (QED) is 0.738. The summed E-state index contributed by atoms with van der Waals surface area (Å²) in [5, 5.41) is 0. The Hall–Kier alpha value is -2.09. The van der Waals surface area contributed by atoms with Crippen LogP contribution >= 0.6 is 0 Å². The van der Waals surface area contributed by atoms with E-state index < -0.39 is 0 Å². The molecule has 2 aromatic rings. The summed E-state index contributed by atoms with van der Waals surface area (Å²) in [6, 6.07) is 15.6. The van der Waals surface area contributed by atoms with Crippen molar-refractivity contribution < 1.29 is 9.53 Å². The first-order valence-corrected chi connectivity index (χ1v) is 6.98. The number of Topliss-reactive ketones (excluding diaryl/α,β-unsaturated/α-hetero) is 1. The lowest BCUT2D eigenvalue weighted by Gasteiger charge is -2.08. The van der Waals surface area contributed by atoms with Gasteiger partial charge in [-0.1, -0.05) is 49.7 Å². The number of para-hydroxylation sites is 1. The number of carbonyl (C=O) groups excluding carboxylic acids is 1. The molecule has 0 aliphatic carbocycles. The molecule has 20 heavy (non-hydrogen) atoms. The number of hydrogen-bond acceptors (Lipinski definition) is 2. The Morgan fingerprint density at radius 3 is 2.65 bits per heavy atom. The smallest absolute Gasteiger partial charge is 0.167 e. The zero-order valence-corrected chi connectivity index (χ0v) is 12.1. The Balaban J connectivity index is 2.17. The Morgan fingerprint density at radius 1 is 1.10 bits per heavy atom. The van der Waals surface area contributed by atoms with Gasteiger partial charge in [0.1, 0.15) is 5.75 Å². The predicted molar refractivity (Wildman–Crippen MR) is 81.5 cm³/mol. The SMILES string of the molecule is CCCc1cccc(C(=O)Cc2ccccc2OC)c1. The van der Waals surface area contributed by atoms with E-state index >= 15 is 0 Å². The second-order valence-corrected chi connectivity index (χ2v) is 4.86. The van der Waals surface area contributed by atoms with Crippen molar-refractivity contribution in [2.75, 3.05) is 7.11 Å². The molecule has 0 amide bonds. The van der Waals surface area contributed by atoms with Crippen molar-refractivity contribution >= 4 is 5.78 Å². The van der Waals surface area contributed by atoms with Gasteiger partial charge in [-0.15, -0.1) is 0 Å². The van der Waals surface area contributed by atoms with Crippen LogP contribution in [0.5, 0.6) is 5.75 Å². The molecule has 0 unspecified atom stereocenters. The van der Waals surface area contributed by atoms with E-state index in [4.69, 9.17) is 4.74 Å². The number of hydrogen-bond donors (Lipinski definition) is 0. The van der Waals surface area contributed by atoms with Crippen molar-refractivity contribution in [3.63, 3.8) is 0 Å². The first-order chi connectivity index (χ1) is 9.74. The van der Waals surface area contributed by atoms with Crippen LogP contribution in [0.15, 0.2) is 48.5 Å². The summed E-state index contributed by atoms with van der Waals surface area (Å²) in [7, 11) is 1.63. The topological polar surface area (TPSA) is 26.3 Å². The van der Waals surface area contributed by atoms with Crippen LogP contribution in [0.25, 0.3) is 0 Å². The molecule has 0 aromatic heterocycles. The summed E-state index contributed by atoms with van der Waals surface area (Å²) >= 11 is 0. The van der Waals surface area contributed by atoms with Crippen molar-refractivity contribution in [3.05, 3.63) is 65.2 Å². The fourth-order valence-corrected chi connectivity index (χ4v) is 2.31. The number of benzene rings is 2. The van der Waals surface area contributed by atoms with Crippen LogP contribution in [-0.2, 0) is 12.8 Å². The highest BCUT2D eigenvalue weighted by Crippen LogP contribution is 2.20. The maximum Gasteiger partial charge on any atom is 0.167 e. The zero-order chi connectivity index (χ0) is 14.4. The summed E-state index contributed by atoms with van der Waals surface area (Å²) in [4.78, 5) is 12.4. The van der Waals surface area contributed by atoms with Crippen molar-refractivity contribution in [1.29, 1.82) is 0 Å². The van der Waals surface area contributed by atoms with Crippen LogP contribution in [-0.4, -0.2) is 12.9 Å².